The number of hydrogen-bond acceptors (Lipinski definition) is 5. The molecule has 166 valence electrons. The Balaban J connectivity index is 1.44. The summed E-state index contributed by atoms with van der Waals surface area (Å²) in [6, 6.07) is 15.2. The van der Waals surface area contributed by atoms with Crippen LogP contribution in [0.2, 0.25) is 0 Å². The van der Waals surface area contributed by atoms with E-state index in [1.807, 2.05) is 25.1 Å². The van der Waals surface area contributed by atoms with Crippen LogP contribution in [0.1, 0.15) is 17.5 Å². The molecule has 2 amide bonds. The first kappa shape index (κ1) is 21.4. The Morgan fingerprint density at radius 1 is 1.12 bits per heavy atom. The van der Waals surface area contributed by atoms with Crippen molar-refractivity contribution < 1.29 is 19.1 Å². The average Bonchev–Trinajstić information content (AvgIpc) is 3.39. The van der Waals surface area contributed by atoms with Crippen molar-refractivity contribution in [2.24, 2.45) is 5.92 Å². The van der Waals surface area contributed by atoms with E-state index in [1.54, 1.807) is 54.3 Å². The zero-order chi connectivity index (χ0) is 22.7. The first-order valence-electron chi connectivity index (χ1n) is 10.4. The van der Waals surface area contributed by atoms with Crippen LogP contribution < -0.4 is 19.7 Å². The number of ether oxygens (including phenoxy) is 2. The van der Waals surface area contributed by atoms with E-state index in [9.17, 15) is 9.59 Å². The van der Waals surface area contributed by atoms with Gasteiger partial charge in [0.25, 0.3) is 0 Å². The molecule has 1 atom stereocenters. The van der Waals surface area contributed by atoms with Crippen LogP contribution in [0.25, 0.3) is 0 Å². The van der Waals surface area contributed by atoms with Gasteiger partial charge in [0.2, 0.25) is 11.8 Å². The van der Waals surface area contributed by atoms with Crippen LogP contribution in [0.15, 0.2) is 54.7 Å². The van der Waals surface area contributed by atoms with E-state index in [0.717, 1.165) is 5.56 Å². The Morgan fingerprint density at radius 3 is 2.69 bits per heavy atom. The van der Waals surface area contributed by atoms with Crippen molar-refractivity contribution in [1.82, 2.24) is 9.78 Å². The largest absolute Gasteiger partial charge is 0.493 e. The quantitative estimate of drug-likeness (QED) is 0.617. The van der Waals surface area contributed by atoms with Gasteiger partial charge in [-0.25, -0.2) is 4.68 Å². The number of carbonyl (C=O) groups excluding carboxylic acids is 2. The minimum Gasteiger partial charge on any atom is -0.493 e. The number of nitrogens with zero attached hydrogens (tertiary/aromatic N) is 3. The SMILES string of the molecule is COc1ccc(N2C[C@H](C(=O)Nc3ccnn3Cc3cccc(C)c3)CC2=O)cc1OC. The normalized spacial score (nSPS) is 15.7. The molecule has 1 N–H and O–H groups in total. The first-order chi connectivity index (χ1) is 15.5. The standard InChI is InChI=1S/C24H26N4O4/c1-16-5-4-6-17(11-16)14-28-22(9-10-25-28)26-24(30)18-12-23(29)27(15-18)19-7-8-20(31-2)21(13-19)32-3/h4-11,13,18H,12,14-15H2,1-3H3,(H,26,30)/t18-/m1/s1. The number of carbonyl (C=O) groups is 2. The number of methoxy groups -OCH3 is 2. The number of nitrogens with one attached hydrogen (secondary N) is 1. The van der Waals surface area contributed by atoms with Gasteiger partial charge in [0.15, 0.2) is 11.5 Å². The van der Waals surface area contributed by atoms with Gasteiger partial charge in [0, 0.05) is 30.8 Å². The van der Waals surface area contributed by atoms with E-state index in [4.69, 9.17) is 9.47 Å². The number of rotatable bonds is 7. The molecule has 4 rings (SSSR count). The van der Waals surface area contributed by atoms with Crippen molar-refractivity contribution in [3.05, 3.63) is 65.9 Å². The minimum absolute atomic E-state index is 0.106. The van der Waals surface area contributed by atoms with Gasteiger partial charge in [-0.05, 0) is 24.6 Å². The highest BCUT2D eigenvalue weighted by molar-refractivity contribution is 6.03. The summed E-state index contributed by atoms with van der Waals surface area (Å²) in [5.41, 5.74) is 2.94. The highest BCUT2D eigenvalue weighted by Crippen LogP contribution is 2.34. The van der Waals surface area contributed by atoms with Gasteiger partial charge in [0.1, 0.15) is 5.82 Å². The lowest BCUT2D eigenvalue weighted by Gasteiger charge is -2.18. The van der Waals surface area contributed by atoms with E-state index in [1.165, 1.54) is 5.56 Å². The van der Waals surface area contributed by atoms with Crippen molar-refractivity contribution >= 4 is 23.3 Å². The maximum Gasteiger partial charge on any atom is 0.230 e. The molecular weight excluding hydrogens is 408 g/mol. The van der Waals surface area contributed by atoms with Crippen LogP contribution in [0, 0.1) is 12.8 Å². The summed E-state index contributed by atoms with van der Waals surface area (Å²) in [5, 5.41) is 7.27. The van der Waals surface area contributed by atoms with Gasteiger partial charge < -0.3 is 19.7 Å². The monoisotopic (exact) mass is 434 g/mol. The van der Waals surface area contributed by atoms with Crippen LogP contribution in [-0.2, 0) is 16.1 Å². The molecule has 3 aromatic rings. The summed E-state index contributed by atoms with van der Waals surface area (Å²) in [5.74, 6) is 0.953. The van der Waals surface area contributed by atoms with Crippen LogP contribution in [-0.4, -0.2) is 42.4 Å². The fourth-order valence-corrected chi connectivity index (χ4v) is 3.90. The summed E-state index contributed by atoms with van der Waals surface area (Å²) < 4.78 is 12.3. The number of amides is 2. The predicted octanol–water partition coefficient (Wildman–Crippen LogP) is 3.25. The summed E-state index contributed by atoms with van der Waals surface area (Å²) in [6.45, 7) is 2.88. The molecule has 1 aliphatic heterocycles. The molecule has 8 heteroatoms. The van der Waals surface area contributed by atoms with Crippen LogP contribution in [0.4, 0.5) is 11.5 Å². The van der Waals surface area contributed by atoms with Crippen molar-refractivity contribution in [3.63, 3.8) is 0 Å². The van der Waals surface area contributed by atoms with Gasteiger partial charge in [0.05, 0.1) is 32.9 Å². The van der Waals surface area contributed by atoms with E-state index in [0.29, 0.717) is 36.1 Å². The maximum absolute atomic E-state index is 12.9. The van der Waals surface area contributed by atoms with Crippen molar-refractivity contribution in [3.8, 4) is 11.5 Å². The first-order valence-corrected chi connectivity index (χ1v) is 10.4. The second kappa shape index (κ2) is 9.13. The summed E-state index contributed by atoms with van der Waals surface area (Å²) in [7, 11) is 3.10. The van der Waals surface area contributed by atoms with E-state index in [2.05, 4.69) is 16.5 Å². The third kappa shape index (κ3) is 4.44. The minimum atomic E-state index is -0.460. The second-order valence-corrected chi connectivity index (χ2v) is 7.80. The zero-order valence-corrected chi connectivity index (χ0v) is 18.4. The number of benzene rings is 2. The van der Waals surface area contributed by atoms with Crippen LogP contribution in [0.5, 0.6) is 11.5 Å². The molecule has 0 aliphatic carbocycles. The molecule has 0 spiro atoms. The van der Waals surface area contributed by atoms with E-state index < -0.39 is 5.92 Å². The van der Waals surface area contributed by atoms with E-state index >= 15 is 0 Å². The second-order valence-electron chi connectivity index (χ2n) is 7.80. The molecule has 0 saturated carbocycles. The predicted molar refractivity (Wildman–Crippen MR) is 121 cm³/mol. The molecule has 1 aromatic heterocycles. The van der Waals surface area contributed by atoms with Gasteiger partial charge in [-0.1, -0.05) is 29.8 Å². The molecule has 1 fully saturated rings. The molecule has 1 aliphatic rings. The number of aromatic nitrogens is 2. The lowest BCUT2D eigenvalue weighted by atomic mass is 10.1. The van der Waals surface area contributed by atoms with Crippen molar-refractivity contribution in [1.29, 1.82) is 0 Å². The average molecular weight is 434 g/mol. The Hall–Kier alpha value is -3.81. The number of hydrogen-bond donors (Lipinski definition) is 1. The lowest BCUT2D eigenvalue weighted by molar-refractivity contribution is -0.122. The van der Waals surface area contributed by atoms with Gasteiger partial charge in [-0.2, -0.15) is 5.10 Å². The highest BCUT2D eigenvalue weighted by atomic mass is 16.5. The van der Waals surface area contributed by atoms with E-state index in [-0.39, 0.29) is 18.2 Å². The van der Waals surface area contributed by atoms with Gasteiger partial charge in [-0.3, -0.25) is 9.59 Å². The smallest absolute Gasteiger partial charge is 0.230 e. The molecular formula is C24H26N4O4. The highest BCUT2D eigenvalue weighted by Gasteiger charge is 2.35. The van der Waals surface area contributed by atoms with Gasteiger partial charge >= 0.3 is 0 Å². The van der Waals surface area contributed by atoms with Gasteiger partial charge in [-0.15, -0.1) is 0 Å². The lowest BCUT2D eigenvalue weighted by Crippen LogP contribution is -2.28. The molecule has 0 bridgehead atoms. The Bertz CT molecular complexity index is 1140. The third-order valence-electron chi connectivity index (χ3n) is 5.56. The fraction of sp³-hybridized carbons (Fsp3) is 0.292. The number of anilines is 2. The Morgan fingerprint density at radius 2 is 1.94 bits per heavy atom. The molecule has 2 heterocycles. The molecule has 0 unspecified atom stereocenters. The Labute approximate surface area is 186 Å². The molecule has 2 aromatic carbocycles. The maximum atomic E-state index is 12.9. The topological polar surface area (TPSA) is 85.7 Å². The molecule has 32 heavy (non-hydrogen) atoms. The fourth-order valence-electron chi connectivity index (χ4n) is 3.90. The third-order valence-corrected chi connectivity index (χ3v) is 5.56. The number of aryl methyl sites for hydroxylation is 1. The zero-order valence-electron chi connectivity index (χ0n) is 18.4. The van der Waals surface area contributed by atoms with Crippen LogP contribution >= 0.6 is 0 Å². The summed E-state index contributed by atoms with van der Waals surface area (Å²) >= 11 is 0. The summed E-state index contributed by atoms with van der Waals surface area (Å²) in [4.78, 5) is 27.2. The summed E-state index contributed by atoms with van der Waals surface area (Å²) in [6.07, 6.45) is 1.80. The van der Waals surface area contributed by atoms with Crippen molar-refractivity contribution in [2.75, 3.05) is 31.0 Å². The van der Waals surface area contributed by atoms with Crippen molar-refractivity contribution in [2.45, 2.75) is 19.9 Å². The molecule has 8 nitrogen and oxygen atoms in total. The van der Waals surface area contributed by atoms with Crippen LogP contribution in [0.3, 0.4) is 0 Å². The Kier molecular flexibility index (Phi) is 6.11. The molecule has 0 radical (unpaired) electrons. The molecule has 1 saturated heterocycles.